The first-order valence-electron chi connectivity index (χ1n) is 9.69. The van der Waals surface area contributed by atoms with Gasteiger partial charge in [0.1, 0.15) is 0 Å². The zero-order valence-corrected chi connectivity index (χ0v) is 23.2. The third-order valence-electron chi connectivity index (χ3n) is 6.79. The van der Waals surface area contributed by atoms with Crippen molar-refractivity contribution in [3.05, 3.63) is 81.3 Å². The fourth-order valence-electron chi connectivity index (χ4n) is 4.35. The van der Waals surface area contributed by atoms with Crippen LogP contribution in [0.4, 0.5) is 0 Å². The first-order valence-corrected chi connectivity index (χ1v) is 15.2. The molecule has 0 spiro atoms. The van der Waals surface area contributed by atoms with E-state index in [1.807, 2.05) is 0 Å². The first-order chi connectivity index (χ1) is 12.7. The van der Waals surface area contributed by atoms with Crippen LogP contribution in [0.15, 0.2) is 81.3 Å². The summed E-state index contributed by atoms with van der Waals surface area (Å²) in [6, 6.07) is 22.4. The molecule has 1 aliphatic carbocycles. The minimum Gasteiger partial charge on any atom is -1.00 e. The molecule has 1 atom stereocenters. The van der Waals surface area contributed by atoms with Gasteiger partial charge in [0.25, 0.3) is 0 Å². The second-order valence-electron chi connectivity index (χ2n) is 8.52. The Morgan fingerprint density at radius 1 is 0.793 bits per heavy atom. The normalized spacial score (nSPS) is 19.3. The van der Waals surface area contributed by atoms with E-state index in [0.717, 1.165) is 0 Å². The van der Waals surface area contributed by atoms with Crippen LogP contribution in [0.25, 0.3) is 0 Å². The zero-order valence-electron chi connectivity index (χ0n) is 18.2. The molecule has 0 amide bonds. The fourth-order valence-corrected chi connectivity index (χ4v) is 15.8. The Kier molecular flexibility index (Phi) is 9.69. The van der Waals surface area contributed by atoms with Crippen molar-refractivity contribution < 1.29 is 45.2 Å². The summed E-state index contributed by atoms with van der Waals surface area (Å²) in [4.78, 5) is 0. The van der Waals surface area contributed by atoms with Crippen LogP contribution in [0.5, 0.6) is 0 Å². The van der Waals surface area contributed by atoms with Crippen LogP contribution in [0.2, 0.25) is 18.1 Å². The molecule has 0 aliphatic heterocycles. The van der Waals surface area contributed by atoms with Gasteiger partial charge in [-0.25, -0.2) is 0 Å². The molecule has 3 rings (SSSR count). The van der Waals surface area contributed by atoms with Gasteiger partial charge in [-0.05, 0) is 0 Å². The molecule has 0 N–H and O–H groups in total. The van der Waals surface area contributed by atoms with Crippen molar-refractivity contribution in [1.82, 2.24) is 0 Å². The predicted octanol–water partition coefficient (Wildman–Crippen LogP) is 0.306. The van der Waals surface area contributed by atoms with Gasteiger partial charge in [0.05, 0.1) is 0 Å². The maximum absolute atomic E-state index is 2.62. The minimum absolute atomic E-state index is 0. The molecule has 0 saturated heterocycles. The van der Waals surface area contributed by atoms with Gasteiger partial charge in [0.15, 0.2) is 0 Å². The number of halogens is 2. The summed E-state index contributed by atoms with van der Waals surface area (Å²) in [6.07, 6.45) is 0. The first kappa shape index (κ1) is 26.9. The Hall–Kier alpha value is -0.139. The van der Waals surface area contributed by atoms with E-state index in [0.29, 0.717) is 0 Å². The molecular formula is C24H30Cl2PSiTi. The average Bonchev–Trinajstić information content (AvgIpc) is 2.84. The largest absolute Gasteiger partial charge is 1.00 e. The summed E-state index contributed by atoms with van der Waals surface area (Å²) in [6.45, 7) is 14.8. The molecule has 0 nitrogen and oxygen atoms in total. The molecule has 0 radical (unpaired) electrons. The van der Waals surface area contributed by atoms with Crippen molar-refractivity contribution in [3.8, 4) is 0 Å². The number of benzene rings is 2. The molecule has 29 heavy (non-hydrogen) atoms. The molecule has 2 aromatic carbocycles. The Morgan fingerprint density at radius 2 is 1.21 bits per heavy atom. The molecule has 0 fully saturated rings. The third kappa shape index (κ3) is 4.87. The van der Waals surface area contributed by atoms with Crippen LogP contribution >= 0.6 is 7.92 Å². The molecule has 0 saturated carbocycles. The van der Waals surface area contributed by atoms with Gasteiger partial charge in [-0.2, -0.15) is 0 Å². The Morgan fingerprint density at radius 3 is 1.55 bits per heavy atom. The van der Waals surface area contributed by atoms with Crippen LogP contribution in [-0.2, 0) is 20.4 Å². The van der Waals surface area contributed by atoms with Gasteiger partial charge >= 0.3 is 180 Å². The van der Waals surface area contributed by atoms with E-state index >= 15 is 0 Å². The second-order valence-corrected chi connectivity index (χ2v) is 17.2. The van der Waals surface area contributed by atoms with E-state index in [4.69, 9.17) is 0 Å². The van der Waals surface area contributed by atoms with E-state index in [-0.39, 0.29) is 37.8 Å². The molecule has 1 unspecified atom stereocenters. The number of hydrogen-bond acceptors (Lipinski definition) is 0. The number of hydrogen-bond donors (Lipinski definition) is 0. The van der Waals surface area contributed by atoms with Crippen LogP contribution < -0.4 is 35.4 Å². The van der Waals surface area contributed by atoms with Crippen LogP contribution in [0, 0.1) is 0 Å². The Bertz CT molecular complexity index is 828. The van der Waals surface area contributed by atoms with Crippen LogP contribution in [-0.4, -0.2) is 13.9 Å². The smallest absolute Gasteiger partial charge is 1.00 e. The summed E-state index contributed by atoms with van der Waals surface area (Å²) in [5.41, 5.74) is 4.67. The van der Waals surface area contributed by atoms with Crippen LogP contribution in [0.1, 0.15) is 27.7 Å². The van der Waals surface area contributed by atoms with Gasteiger partial charge in [-0.3, -0.25) is 0 Å². The molecule has 2 aromatic rings. The summed E-state index contributed by atoms with van der Waals surface area (Å²) < 4.78 is 1.62. The molecule has 1 aliphatic rings. The van der Waals surface area contributed by atoms with E-state index < -0.39 is 8.07 Å². The van der Waals surface area contributed by atoms with Crippen molar-refractivity contribution in [2.45, 2.75) is 45.8 Å². The zero-order chi connectivity index (χ0) is 19.8. The Balaban J connectivity index is 0.00000210. The quantitative estimate of drug-likeness (QED) is 0.413. The van der Waals surface area contributed by atoms with E-state index in [1.54, 1.807) is 9.45 Å². The Labute approximate surface area is 203 Å². The maximum atomic E-state index is 2.62. The summed E-state index contributed by atoms with van der Waals surface area (Å²) in [5, 5.41) is 3.28. The van der Waals surface area contributed by atoms with Crippen molar-refractivity contribution in [2.75, 3.05) is 5.79 Å². The maximum Gasteiger partial charge on any atom is -1.00 e. The van der Waals surface area contributed by atoms with Gasteiger partial charge < -0.3 is 24.8 Å². The average molecular weight is 496 g/mol. The minimum atomic E-state index is -1.62. The molecule has 153 valence electrons. The number of allylic oxidation sites excluding steroid dienone is 4. The fraction of sp³-hybridized carbons (Fsp3) is 0.333. The molecule has 0 heterocycles. The molecular weight excluding hydrogens is 466 g/mol. The monoisotopic (exact) mass is 495 g/mol. The van der Waals surface area contributed by atoms with Gasteiger partial charge in [-0.1, -0.05) is 0 Å². The summed E-state index contributed by atoms with van der Waals surface area (Å²) >= 11 is 2.39. The van der Waals surface area contributed by atoms with Gasteiger partial charge in [0, 0.05) is 0 Å². The molecule has 5 heteroatoms. The van der Waals surface area contributed by atoms with E-state index in [9.17, 15) is 0 Å². The number of rotatable bonds is 5. The topological polar surface area (TPSA) is 0 Å². The molecule has 0 aromatic heterocycles. The SMILES string of the molecule is CC1=C(C)C(C)([Si](C)(C)CP(c2ccccc2)c2ccccc2)[C]([Ti+2])=C1C.[Cl-].[Cl-]. The van der Waals surface area contributed by atoms with Crippen LogP contribution in [0.3, 0.4) is 0 Å². The van der Waals surface area contributed by atoms with Crippen molar-refractivity contribution in [2.24, 2.45) is 0 Å². The van der Waals surface area contributed by atoms with Crippen molar-refractivity contribution in [3.63, 3.8) is 0 Å². The van der Waals surface area contributed by atoms with Crippen molar-refractivity contribution in [1.29, 1.82) is 0 Å². The van der Waals surface area contributed by atoms with Gasteiger partial charge in [0.2, 0.25) is 0 Å². The summed E-state index contributed by atoms with van der Waals surface area (Å²) in [7, 11) is -1.96. The van der Waals surface area contributed by atoms with E-state index in [2.05, 4.69) is 122 Å². The standard InChI is InChI=1S/C24H30PSi.2ClH.Ti/c1-19-17-24(4,21(3)20(19)2)26(5,6)18-25(22-13-9-7-10-14-22)23-15-11-8-12-16-23;;;/h7-16H,18H2,1-6H3;2*1H;/q;;;+2/p-2. The molecule has 0 bridgehead atoms. The second kappa shape index (κ2) is 10.4. The van der Waals surface area contributed by atoms with E-state index in [1.165, 1.54) is 27.5 Å². The predicted molar refractivity (Wildman–Crippen MR) is 121 cm³/mol. The summed E-state index contributed by atoms with van der Waals surface area (Å²) in [5.74, 6) is 1.32. The van der Waals surface area contributed by atoms with Crippen molar-refractivity contribution >= 4 is 26.6 Å². The van der Waals surface area contributed by atoms with Gasteiger partial charge in [-0.15, -0.1) is 0 Å². The third-order valence-corrected chi connectivity index (χ3v) is 18.2.